The van der Waals surface area contributed by atoms with Gasteiger partial charge in [-0.1, -0.05) is 71.0 Å². The van der Waals surface area contributed by atoms with E-state index in [0.717, 1.165) is 53.3 Å². The summed E-state index contributed by atoms with van der Waals surface area (Å²) in [6.07, 6.45) is 0.479. The first-order valence-electron chi connectivity index (χ1n) is 20.1. The third-order valence-corrected chi connectivity index (χ3v) is 11.6. The normalized spacial score (nSPS) is 20.2. The van der Waals surface area contributed by atoms with Gasteiger partial charge in [0.15, 0.2) is 0 Å². The highest BCUT2D eigenvalue weighted by Crippen LogP contribution is 2.54. The van der Waals surface area contributed by atoms with E-state index in [-0.39, 0.29) is 23.8 Å². The Morgan fingerprint density at radius 3 is 1.73 bits per heavy atom. The average molecular weight is 806 g/mol. The number of nitrogens with one attached hydrogen (secondary N) is 2. The number of pyridine rings is 1. The van der Waals surface area contributed by atoms with E-state index >= 15 is 0 Å². The molecule has 2 unspecified atom stereocenters. The van der Waals surface area contributed by atoms with Crippen molar-refractivity contribution >= 4 is 47.0 Å². The molecule has 3 aromatic carbocycles. The molecule has 14 heteroatoms. The summed E-state index contributed by atoms with van der Waals surface area (Å²) in [4.78, 5) is 57.4. The number of primary amides is 2. The maximum Gasteiger partial charge on any atom is 0.412 e. The van der Waals surface area contributed by atoms with E-state index in [0.29, 0.717) is 24.6 Å². The molecule has 0 radical (unpaired) electrons. The Kier molecular flexibility index (Phi) is 13.1. The first-order valence-corrected chi connectivity index (χ1v) is 20.1. The van der Waals surface area contributed by atoms with Crippen LogP contribution in [0.5, 0.6) is 0 Å². The van der Waals surface area contributed by atoms with Gasteiger partial charge in [0.25, 0.3) is 0 Å². The molecule has 0 aliphatic carbocycles. The number of rotatable bonds is 13. The van der Waals surface area contributed by atoms with E-state index in [2.05, 4.69) is 94.9 Å². The number of morpholine rings is 1. The van der Waals surface area contributed by atoms with E-state index < -0.39 is 41.7 Å². The Bertz CT molecular complexity index is 2090. The molecular formula is C45H55N7O7. The second-order valence-corrected chi connectivity index (χ2v) is 16.1. The molecule has 2 aliphatic heterocycles. The van der Waals surface area contributed by atoms with Crippen LogP contribution >= 0.6 is 0 Å². The Morgan fingerprint density at radius 2 is 1.25 bits per heavy atom. The lowest BCUT2D eigenvalue weighted by Gasteiger charge is -2.43. The SMILES string of the molecule is CC(C)[C@H](Nc1ccc(C2CC(C)[C@@](C)(c3ccc(N[C@H](C(=O)OC(N)=O)C(C)C)cc3)N2c2ccc(-c3ccc(N4CCOCC4)nc3)cc2)cc1)C(=O)OC(N)=O. The third kappa shape index (κ3) is 9.60. The molecule has 0 bridgehead atoms. The molecule has 2 aliphatic rings. The summed E-state index contributed by atoms with van der Waals surface area (Å²) in [7, 11) is 0. The van der Waals surface area contributed by atoms with Gasteiger partial charge in [0.1, 0.15) is 17.9 Å². The van der Waals surface area contributed by atoms with Gasteiger partial charge in [-0.15, -0.1) is 0 Å². The monoisotopic (exact) mass is 805 g/mol. The van der Waals surface area contributed by atoms with Crippen LogP contribution in [0.1, 0.15) is 65.1 Å². The smallest absolute Gasteiger partial charge is 0.378 e. The number of hydrogen-bond acceptors (Lipinski definition) is 12. The zero-order chi connectivity index (χ0) is 42.4. The van der Waals surface area contributed by atoms with Crippen LogP contribution in [0.15, 0.2) is 91.1 Å². The van der Waals surface area contributed by atoms with Crippen LogP contribution in [0, 0.1) is 17.8 Å². The standard InChI is InChI=1S/C45H55N7O7/c1-27(2)39(41(53)58-43(46)55)49-34-14-7-31(8-15-34)37-25-29(5)45(6,33-12-16-35(17-13-33)50-40(28(3)4)42(54)59-44(47)56)52(37)36-18-9-30(10-19-36)32-11-20-38(48-26-32)51-21-23-57-24-22-51/h7-20,26-29,37,39-40,49-50H,21-25H2,1-6H3,(H2,46,55)(H2,47,56)/t29?,37?,39-,40-,45-/m0/s1. The van der Waals surface area contributed by atoms with Crippen molar-refractivity contribution in [2.24, 2.45) is 29.2 Å². The van der Waals surface area contributed by atoms with Crippen LogP contribution in [-0.4, -0.2) is 67.5 Å². The van der Waals surface area contributed by atoms with Crippen molar-refractivity contribution in [1.29, 1.82) is 0 Å². The summed E-state index contributed by atoms with van der Waals surface area (Å²) in [5, 5.41) is 6.43. The number of nitrogens with two attached hydrogens (primary N) is 2. The minimum absolute atomic E-state index is 0.0308. The topological polar surface area (TPSA) is 191 Å². The highest BCUT2D eigenvalue weighted by molar-refractivity contribution is 5.89. The zero-order valence-corrected chi connectivity index (χ0v) is 34.5. The molecule has 1 aromatic heterocycles. The number of hydrogen-bond donors (Lipinski definition) is 4. The maximum absolute atomic E-state index is 12.7. The largest absolute Gasteiger partial charge is 0.412 e. The Labute approximate surface area is 345 Å². The number of esters is 2. The Balaban J connectivity index is 1.32. The van der Waals surface area contributed by atoms with Crippen molar-refractivity contribution < 1.29 is 33.4 Å². The lowest BCUT2D eigenvalue weighted by Crippen LogP contribution is -2.43. The summed E-state index contributed by atoms with van der Waals surface area (Å²) in [5.41, 5.74) is 16.5. The first kappa shape index (κ1) is 42.5. The Morgan fingerprint density at radius 1 is 0.746 bits per heavy atom. The summed E-state index contributed by atoms with van der Waals surface area (Å²) >= 11 is 0. The fourth-order valence-corrected chi connectivity index (χ4v) is 8.12. The van der Waals surface area contributed by atoms with E-state index in [1.54, 1.807) is 0 Å². The van der Waals surface area contributed by atoms with Gasteiger partial charge in [0, 0.05) is 41.9 Å². The molecule has 59 heavy (non-hydrogen) atoms. The van der Waals surface area contributed by atoms with E-state index in [4.69, 9.17) is 30.7 Å². The van der Waals surface area contributed by atoms with Crippen molar-refractivity contribution in [2.45, 2.75) is 71.6 Å². The number of anilines is 4. The number of nitrogens with zero attached hydrogens (tertiary/aromatic N) is 3. The van der Waals surface area contributed by atoms with Gasteiger partial charge in [0.2, 0.25) is 0 Å². The number of carbonyl (C=O) groups is 4. The van der Waals surface area contributed by atoms with Gasteiger partial charge in [-0.25, -0.2) is 24.2 Å². The molecule has 2 amide bonds. The molecule has 312 valence electrons. The van der Waals surface area contributed by atoms with Crippen LogP contribution < -0.4 is 31.9 Å². The highest BCUT2D eigenvalue weighted by atomic mass is 16.6. The van der Waals surface area contributed by atoms with E-state index in [9.17, 15) is 19.2 Å². The number of carbonyl (C=O) groups excluding carboxylic acids is 4. The van der Waals surface area contributed by atoms with E-state index in [1.807, 2.05) is 58.2 Å². The summed E-state index contributed by atoms with van der Waals surface area (Å²) < 4.78 is 14.9. The van der Waals surface area contributed by atoms with Crippen LogP contribution in [0.4, 0.5) is 32.5 Å². The van der Waals surface area contributed by atoms with Crippen molar-refractivity contribution in [3.05, 3.63) is 102 Å². The number of ether oxygens (including phenoxy) is 3. The Hall–Kier alpha value is -6.15. The molecule has 4 aromatic rings. The molecule has 6 N–H and O–H groups in total. The maximum atomic E-state index is 12.7. The molecule has 3 heterocycles. The molecule has 0 spiro atoms. The summed E-state index contributed by atoms with van der Waals surface area (Å²) in [6, 6.07) is 27.2. The van der Waals surface area contributed by atoms with Gasteiger partial charge < -0.3 is 46.1 Å². The first-order chi connectivity index (χ1) is 28.1. The predicted molar refractivity (Wildman–Crippen MR) is 228 cm³/mol. The summed E-state index contributed by atoms with van der Waals surface area (Å²) in [6.45, 7) is 15.0. The molecule has 0 saturated carbocycles. The molecular weight excluding hydrogens is 751 g/mol. The fraction of sp³-hybridized carbons (Fsp3) is 0.400. The predicted octanol–water partition coefficient (Wildman–Crippen LogP) is 7.20. The fourth-order valence-electron chi connectivity index (χ4n) is 8.12. The molecule has 5 atom stereocenters. The molecule has 14 nitrogen and oxygen atoms in total. The second kappa shape index (κ2) is 18.2. The van der Waals surface area contributed by atoms with Gasteiger partial charge in [-0.3, -0.25) is 0 Å². The number of benzene rings is 3. The lowest BCUT2D eigenvalue weighted by atomic mass is 9.81. The van der Waals surface area contributed by atoms with Crippen molar-refractivity contribution in [1.82, 2.24) is 4.98 Å². The van der Waals surface area contributed by atoms with Gasteiger partial charge >= 0.3 is 24.1 Å². The van der Waals surface area contributed by atoms with Crippen molar-refractivity contribution in [2.75, 3.05) is 46.7 Å². The number of amides is 2. The van der Waals surface area contributed by atoms with Crippen molar-refractivity contribution in [3.8, 4) is 11.1 Å². The number of aromatic nitrogens is 1. The molecule has 2 saturated heterocycles. The quantitative estimate of drug-likeness (QED) is 0.0786. The zero-order valence-electron chi connectivity index (χ0n) is 34.5. The average Bonchev–Trinajstić information content (AvgIpc) is 3.49. The van der Waals surface area contributed by atoms with E-state index in [1.165, 1.54) is 0 Å². The van der Waals surface area contributed by atoms with Crippen LogP contribution in [-0.2, 0) is 29.3 Å². The highest BCUT2D eigenvalue weighted by Gasteiger charge is 2.49. The van der Waals surface area contributed by atoms with Gasteiger partial charge in [-0.05, 0) is 96.3 Å². The molecule has 2 fully saturated rings. The van der Waals surface area contributed by atoms with Crippen LogP contribution in [0.25, 0.3) is 11.1 Å². The van der Waals surface area contributed by atoms with Crippen LogP contribution in [0.2, 0.25) is 0 Å². The lowest BCUT2D eigenvalue weighted by molar-refractivity contribution is -0.140. The van der Waals surface area contributed by atoms with Crippen molar-refractivity contribution in [3.63, 3.8) is 0 Å². The van der Waals surface area contributed by atoms with Gasteiger partial charge in [-0.2, -0.15) is 0 Å². The second-order valence-electron chi connectivity index (χ2n) is 16.1. The van der Waals surface area contributed by atoms with Crippen LogP contribution in [0.3, 0.4) is 0 Å². The third-order valence-electron chi connectivity index (χ3n) is 11.6. The summed E-state index contributed by atoms with van der Waals surface area (Å²) in [5.74, 6) is -0.687. The minimum Gasteiger partial charge on any atom is -0.378 e. The molecule has 6 rings (SSSR count). The minimum atomic E-state index is -1.14. The van der Waals surface area contributed by atoms with Gasteiger partial charge in [0.05, 0.1) is 24.8 Å².